The van der Waals surface area contributed by atoms with Crippen molar-refractivity contribution in [1.29, 1.82) is 0 Å². The molecule has 1 aromatic carbocycles. The number of hydrogen-bond acceptors (Lipinski definition) is 6. The van der Waals surface area contributed by atoms with Gasteiger partial charge >= 0.3 is 5.97 Å². The number of nitrogens with one attached hydrogen (secondary N) is 1. The lowest BCUT2D eigenvalue weighted by molar-refractivity contribution is -0.385. The number of nitrogens with zero attached hydrogens (tertiary/aromatic N) is 1. The molecule has 1 N–H and O–H groups in total. The number of benzene rings is 1. The summed E-state index contributed by atoms with van der Waals surface area (Å²) in [5, 5.41) is 10.7. The zero-order valence-corrected chi connectivity index (χ0v) is 12.6. The monoisotopic (exact) mass is 316 g/mol. The van der Waals surface area contributed by atoms with Crippen LogP contribution in [0.25, 0.3) is 0 Å². The van der Waals surface area contributed by atoms with E-state index >= 15 is 0 Å². The van der Waals surface area contributed by atoms with Gasteiger partial charge in [-0.3, -0.25) is 10.1 Å². The third kappa shape index (κ3) is 5.48. The molecule has 0 heterocycles. The fourth-order valence-corrected chi connectivity index (χ4v) is 2.09. The lowest BCUT2D eigenvalue weighted by atomic mass is 10.1. The molecule has 0 aliphatic heterocycles. The molecule has 0 aliphatic carbocycles. The largest absolute Gasteiger partial charge is 0.458 e. The summed E-state index contributed by atoms with van der Waals surface area (Å²) in [6.45, 7) is 3.01. The molecule has 116 valence electrons. The highest BCUT2D eigenvalue weighted by atomic mass is 32.2. The van der Waals surface area contributed by atoms with Gasteiger partial charge in [0.2, 0.25) is 10.0 Å². The SMILES string of the molecule is Cc1cc(C(=O)OC(C)CNS(C)(=O)=O)ccc1[N+](=O)[O-]. The number of esters is 1. The Morgan fingerprint density at radius 3 is 2.57 bits per heavy atom. The van der Waals surface area contributed by atoms with E-state index in [4.69, 9.17) is 4.74 Å². The molecule has 8 nitrogen and oxygen atoms in total. The maximum Gasteiger partial charge on any atom is 0.338 e. The minimum Gasteiger partial charge on any atom is -0.458 e. The van der Waals surface area contributed by atoms with Crippen molar-refractivity contribution in [3.05, 3.63) is 39.4 Å². The van der Waals surface area contributed by atoms with E-state index in [0.29, 0.717) is 5.56 Å². The highest BCUT2D eigenvalue weighted by molar-refractivity contribution is 7.88. The predicted molar refractivity (Wildman–Crippen MR) is 75.6 cm³/mol. The number of rotatable bonds is 6. The average molecular weight is 316 g/mol. The molecule has 0 amide bonds. The number of sulfonamides is 1. The van der Waals surface area contributed by atoms with Gasteiger partial charge in [0.05, 0.1) is 16.7 Å². The third-order valence-electron chi connectivity index (χ3n) is 2.57. The topological polar surface area (TPSA) is 116 Å². The molecule has 1 rings (SSSR count). The van der Waals surface area contributed by atoms with Crippen molar-refractivity contribution in [1.82, 2.24) is 4.72 Å². The summed E-state index contributed by atoms with van der Waals surface area (Å²) in [4.78, 5) is 22.0. The van der Waals surface area contributed by atoms with Crippen LogP contribution in [-0.2, 0) is 14.8 Å². The van der Waals surface area contributed by atoms with Crippen LogP contribution in [0.15, 0.2) is 18.2 Å². The molecule has 1 atom stereocenters. The maximum atomic E-state index is 11.8. The maximum absolute atomic E-state index is 11.8. The van der Waals surface area contributed by atoms with Gasteiger partial charge in [0, 0.05) is 18.2 Å². The van der Waals surface area contributed by atoms with E-state index in [1.165, 1.54) is 32.0 Å². The number of carbonyl (C=O) groups excluding carboxylic acids is 1. The summed E-state index contributed by atoms with van der Waals surface area (Å²) in [6.07, 6.45) is 0.337. The van der Waals surface area contributed by atoms with Crippen molar-refractivity contribution in [3.63, 3.8) is 0 Å². The fourth-order valence-electron chi connectivity index (χ4n) is 1.55. The number of aryl methyl sites for hydroxylation is 1. The zero-order chi connectivity index (χ0) is 16.2. The fraction of sp³-hybridized carbons (Fsp3) is 0.417. The highest BCUT2D eigenvalue weighted by Crippen LogP contribution is 2.19. The minimum atomic E-state index is -3.36. The van der Waals surface area contributed by atoms with Crippen molar-refractivity contribution in [2.45, 2.75) is 20.0 Å². The molecule has 0 radical (unpaired) electrons. The van der Waals surface area contributed by atoms with E-state index in [-0.39, 0.29) is 17.8 Å². The van der Waals surface area contributed by atoms with E-state index in [2.05, 4.69) is 4.72 Å². The summed E-state index contributed by atoms with van der Waals surface area (Å²) in [5.74, 6) is -0.671. The minimum absolute atomic E-state index is 0.0451. The standard InChI is InChI=1S/C12H16N2O6S/c1-8-6-10(4-5-11(8)14(16)17)12(15)20-9(2)7-13-21(3,18)19/h4-6,9,13H,7H2,1-3H3. The molecular formula is C12H16N2O6S. The Labute approximate surface area is 122 Å². The van der Waals surface area contributed by atoms with E-state index in [1.807, 2.05) is 0 Å². The van der Waals surface area contributed by atoms with Crippen molar-refractivity contribution in [2.24, 2.45) is 0 Å². The van der Waals surface area contributed by atoms with Crippen LogP contribution in [0.2, 0.25) is 0 Å². The van der Waals surface area contributed by atoms with Gasteiger partial charge < -0.3 is 4.74 Å². The first-order valence-corrected chi connectivity index (χ1v) is 7.90. The van der Waals surface area contributed by atoms with E-state index in [1.54, 1.807) is 0 Å². The van der Waals surface area contributed by atoms with Gasteiger partial charge in [0.25, 0.3) is 5.69 Å². The highest BCUT2D eigenvalue weighted by Gasteiger charge is 2.17. The quantitative estimate of drug-likeness (QED) is 0.475. The molecule has 0 saturated carbocycles. The molecular weight excluding hydrogens is 300 g/mol. The summed E-state index contributed by atoms with van der Waals surface area (Å²) in [6, 6.07) is 3.88. The molecule has 0 aliphatic rings. The van der Waals surface area contributed by atoms with Crippen LogP contribution < -0.4 is 4.72 Å². The van der Waals surface area contributed by atoms with Gasteiger partial charge in [-0.2, -0.15) is 0 Å². The van der Waals surface area contributed by atoms with Gasteiger partial charge in [0.1, 0.15) is 6.10 Å². The van der Waals surface area contributed by atoms with Crippen LogP contribution in [0, 0.1) is 17.0 Å². The van der Waals surface area contributed by atoms with Gasteiger partial charge in [-0.05, 0) is 26.0 Å². The number of nitro benzene ring substituents is 1. The molecule has 0 saturated heterocycles. The molecule has 21 heavy (non-hydrogen) atoms. The summed E-state index contributed by atoms with van der Waals surface area (Å²) >= 11 is 0. The van der Waals surface area contributed by atoms with Crippen molar-refractivity contribution in [2.75, 3.05) is 12.8 Å². The van der Waals surface area contributed by atoms with Crippen LogP contribution >= 0.6 is 0 Å². The summed E-state index contributed by atoms with van der Waals surface area (Å²) in [7, 11) is -3.36. The van der Waals surface area contributed by atoms with Gasteiger partial charge in [-0.1, -0.05) is 0 Å². The van der Waals surface area contributed by atoms with Crippen LogP contribution in [0.1, 0.15) is 22.8 Å². The van der Waals surface area contributed by atoms with Crippen LogP contribution in [0.5, 0.6) is 0 Å². The second-order valence-electron chi connectivity index (χ2n) is 4.59. The number of ether oxygens (including phenoxy) is 1. The molecule has 0 spiro atoms. The summed E-state index contributed by atoms with van der Waals surface area (Å²) in [5.41, 5.74) is 0.430. The Morgan fingerprint density at radius 2 is 2.10 bits per heavy atom. The Morgan fingerprint density at radius 1 is 1.48 bits per heavy atom. The van der Waals surface area contributed by atoms with E-state index in [9.17, 15) is 23.3 Å². The van der Waals surface area contributed by atoms with E-state index < -0.39 is 27.0 Å². The predicted octanol–water partition coefficient (Wildman–Crippen LogP) is 0.998. The average Bonchev–Trinajstić information content (AvgIpc) is 2.34. The Balaban J connectivity index is 2.72. The first-order valence-electron chi connectivity index (χ1n) is 6.01. The number of nitro groups is 1. The zero-order valence-electron chi connectivity index (χ0n) is 11.8. The van der Waals surface area contributed by atoms with Crippen LogP contribution in [0.3, 0.4) is 0 Å². The third-order valence-corrected chi connectivity index (χ3v) is 3.26. The number of hydrogen-bond donors (Lipinski definition) is 1. The van der Waals surface area contributed by atoms with Crippen molar-refractivity contribution >= 4 is 21.7 Å². The van der Waals surface area contributed by atoms with Gasteiger partial charge in [-0.25, -0.2) is 17.9 Å². The van der Waals surface area contributed by atoms with Crippen LogP contribution in [-0.4, -0.2) is 38.2 Å². The first-order chi connectivity index (χ1) is 9.60. The van der Waals surface area contributed by atoms with Crippen molar-refractivity contribution in [3.8, 4) is 0 Å². The van der Waals surface area contributed by atoms with Gasteiger partial charge in [-0.15, -0.1) is 0 Å². The molecule has 0 fully saturated rings. The molecule has 1 aromatic rings. The first kappa shape index (κ1) is 17.1. The Kier molecular flexibility index (Phi) is 5.39. The normalized spacial score (nSPS) is 12.7. The molecule has 1 unspecified atom stereocenters. The molecule has 9 heteroatoms. The summed E-state index contributed by atoms with van der Waals surface area (Å²) < 4.78 is 29.1. The van der Waals surface area contributed by atoms with Crippen molar-refractivity contribution < 1.29 is 22.9 Å². The molecule has 0 aromatic heterocycles. The second-order valence-corrected chi connectivity index (χ2v) is 6.43. The Bertz CT molecular complexity index is 656. The lowest BCUT2D eigenvalue weighted by Crippen LogP contribution is -2.32. The second kappa shape index (κ2) is 6.64. The smallest absolute Gasteiger partial charge is 0.338 e. The Hall–Kier alpha value is -2.00. The number of carbonyl (C=O) groups is 1. The van der Waals surface area contributed by atoms with Crippen LogP contribution in [0.4, 0.5) is 5.69 Å². The molecule has 0 bridgehead atoms. The van der Waals surface area contributed by atoms with E-state index in [0.717, 1.165) is 6.26 Å². The van der Waals surface area contributed by atoms with Gasteiger partial charge in [0.15, 0.2) is 0 Å². The lowest BCUT2D eigenvalue weighted by Gasteiger charge is -2.13.